The Hall–Kier alpha value is -2.62. The Bertz CT molecular complexity index is 689. The quantitative estimate of drug-likeness (QED) is 0.882. The van der Waals surface area contributed by atoms with E-state index in [1.807, 2.05) is 48.5 Å². The number of hydrogen-bond acceptors (Lipinski definition) is 3. The van der Waals surface area contributed by atoms with Crippen LogP contribution in [-0.4, -0.2) is 18.9 Å². The topological polar surface area (TPSA) is 55.4 Å². The lowest BCUT2D eigenvalue weighted by Crippen LogP contribution is -2.22. The molecule has 112 valence electrons. The summed E-state index contributed by atoms with van der Waals surface area (Å²) in [5.41, 5.74) is 3.28. The van der Waals surface area contributed by atoms with Gasteiger partial charge in [0, 0.05) is 6.42 Å². The van der Waals surface area contributed by atoms with E-state index in [4.69, 9.17) is 4.74 Å². The molecule has 4 heteroatoms. The van der Waals surface area contributed by atoms with Gasteiger partial charge in [-0.15, -0.1) is 0 Å². The van der Waals surface area contributed by atoms with Crippen LogP contribution in [0.2, 0.25) is 0 Å². The third-order valence-electron chi connectivity index (χ3n) is 3.92. The lowest BCUT2D eigenvalue weighted by Gasteiger charge is -2.08. The smallest absolute Gasteiger partial charge is 0.230 e. The maximum atomic E-state index is 11.6. The summed E-state index contributed by atoms with van der Waals surface area (Å²) in [5.74, 6) is 0.255. The highest BCUT2D eigenvalue weighted by Crippen LogP contribution is 2.24. The molecule has 0 bridgehead atoms. The zero-order chi connectivity index (χ0) is 15.5. The summed E-state index contributed by atoms with van der Waals surface area (Å²) in [6, 6.07) is 16.0. The molecule has 0 saturated carbocycles. The summed E-state index contributed by atoms with van der Waals surface area (Å²) in [5, 5.41) is 2.35. The van der Waals surface area contributed by atoms with E-state index in [0.29, 0.717) is 12.8 Å². The lowest BCUT2D eigenvalue weighted by molar-refractivity contribution is -0.125. The molecule has 2 aromatic carbocycles. The first kappa shape index (κ1) is 14.3. The first-order chi connectivity index (χ1) is 10.7. The Kier molecular flexibility index (Phi) is 3.92. The van der Waals surface area contributed by atoms with E-state index in [-0.39, 0.29) is 17.7 Å². The highest BCUT2D eigenvalue weighted by molar-refractivity contribution is 6.03. The minimum Gasteiger partial charge on any atom is -0.497 e. The van der Waals surface area contributed by atoms with E-state index in [0.717, 1.165) is 22.4 Å². The van der Waals surface area contributed by atoms with E-state index in [1.165, 1.54) is 0 Å². The molecule has 2 aromatic rings. The number of hydrogen-bond donors (Lipinski definition) is 1. The Morgan fingerprint density at radius 3 is 2.09 bits per heavy atom. The number of rotatable bonds is 4. The minimum atomic E-state index is -0.237. The molecule has 0 aliphatic carbocycles. The molecule has 1 saturated heterocycles. The van der Waals surface area contributed by atoms with Crippen LogP contribution < -0.4 is 10.1 Å². The molecule has 1 N–H and O–H groups in total. The normalized spacial score (nSPS) is 17.4. The third kappa shape index (κ3) is 3.01. The molecule has 22 heavy (non-hydrogen) atoms. The van der Waals surface area contributed by atoms with Crippen LogP contribution in [0, 0.1) is 5.92 Å². The number of amides is 2. The second kappa shape index (κ2) is 6.02. The Labute approximate surface area is 129 Å². The standard InChI is InChI=1S/C18H17NO3/c1-22-16-8-6-14(7-9-16)13-4-2-12(3-5-13)10-15-11-17(20)19-18(15)21/h2-9,15H,10-11H2,1H3,(H,19,20,21). The highest BCUT2D eigenvalue weighted by Gasteiger charge is 2.30. The van der Waals surface area contributed by atoms with Crippen molar-refractivity contribution in [3.8, 4) is 16.9 Å². The molecule has 1 atom stereocenters. The minimum absolute atomic E-state index is 0.163. The second-order valence-corrected chi connectivity index (χ2v) is 5.44. The van der Waals surface area contributed by atoms with Crippen molar-refractivity contribution in [2.45, 2.75) is 12.8 Å². The number of nitrogens with one attached hydrogen (secondary N) is 1. The fourth-order valence-corrected chi connectivity index (χ4v) is 2.67. The predicted molar refractivity (Wildman–Crippen MR) is 83.4 cm³/mol. The number of carbonyl (C=O) groups is 2. The van der Waals surface area contributed by atoms with Crippen molar-refractivity contribution in [1.29, 1.82) is 0 Å². The summed E-state index contributed by atoms with van der Waals surface area (Å²) in [6.07, 6.45) is 0.888. The van der Waals surface area contributed by atoms with Crippen molar-refractivity contribution in [3.63, 3.8) is 0 Å². The zero-order valence-corrected chi connectivity index (χ0v) is 12.3. The second-order valence-electron chi connectivity index (χ2n) is 5.44. The first-order valence-electron chi connectivity index (χ1n) is 7.23. The average molecular weight is 295 g/mol. The molecule has 1 aliphatic heterocycles. The van der Waals surface area contributed by atoms with Crippen LogP contribution in [0.3, 0.4) is 0 Å². The predicted octanol–water partition coefficient (Wildman–Crippen LogP) is 2.57. The van der Waals surface area contributed by atoms with Gasteiger partial charge in [-0.25, -0.2) is 0 Å². The van der Waals surface area contributed by atoms with Gasteiger partial charge in [0.25, 0.3) is 0 Å². The van der Waals surface area contributed by atoms with Gasteiger partial charge in [0.15, 0.2) is 0 Å². The molecule has 0 radical (unpaired) electrons. The molecular formula is C18H17NO3. The lowest BCUT2D eigenvalue weighted by atomic mass is 9.96. The van der Waals surface area contributed by atoms with Gasteiger partial charge in [-0.1, -0.05) is 36.4 Å². The fourth-order valence-electron chi connectivity index (χ4n) is 2.67. The van der Waals surface area contributed by atoms with Crippen molar-refractivity contribution in [2.75, 3.05) is 7.11 Å². The van der Waals surface area contributed by atoms with Gasteiger partial charge in [-0.3, -0.25) is 14.9 Å². The molecule has 0 spiro atoms. The maximum Gasteiger partial charge on any atom is 0.230 e. The number of ether oxygens (including phenoxy) is 1. The average Bonchev–Trinajstić information content (AvgIpc) is 2.86. The van der Waals surface area contributed by atoms with Gasteiger partial charge >= 0.3 is 0 Å². The van der Waals surface area contributed by atoms with Crippen molar-refractivity contribution < 1.29 is 14.3 Å². The summed E-state index contributed by atoms with van der Waals surface area (Å²) in [4.78, 5) is 22.8. The van der Waals surface area contributed by atoms with Gasteiger partial charge in [0.2, 0.25) is 11.8 Å². The Morgan fingerprint density at radius 1 is 1.00 bits per heavy atom. The van der Waals surface area contributed by atoms with Crippen LogP contribution >= 0.6 is 0 Å². The van der Waals surface area contributed by atoms with Crippen molar-refractivity contribution in [1.82, 2.24) is 5.32 Å². The Morgan fingerprint density at radius 2 is 1.59 bits per heavy atom. The van der Waals surface area contributed by atoms with Gasteiger partial charge in [0.05, 0.1) is 13.0 Å². The third-order valence-corrected chi connectivity index (χ3v) is 3.92. The van der Waals surface area contributed by atoms with Crippen LogP contribution in [0.1, 0.15) is 12.0 Å². The van der Waals surface area contributed by atoms with Crippen molar-refractivity contribution in [3.05, 3.63) is 54.1 Å². The molecule has 4 nitrogen and oxygen atoms in total. The largest absolute Gasteiger partial charge is 0.497 e. The zero-order valence-electron chi connectivity index (χ0n) is 12.3. The van der Waals surface area contributed by atoms with Crippen LogP contribution in [0.4, 0.5) is 0 Å². The van der Waals surface area contributed by atoms with Crippen LogP contribution in [0.5, 0.6) is 5.75 Å². The molecule has 0 aromatic heterocycles. The highest BCUT2D eigenvalue weighted by atomic mass is 16.5. The molecular weight excluding hydrogens is 278 g/mol. The van der Waals surface area contributed by atoms with Gasteiger partial charge in [0.1, 0.15) is 5.75 Å². The van der Waals surface area contributed by atoms with E-state index in [1.54, 1.807) is 7.11 Å². The fraction of sp³-hybridized carbons (Fsp3) is 0.222. The van der Waals surface area contributed by atoms with Crippen LogP contribution in [-0.2, 0) is 16.0 Å². The molecule has 1 fully saturated rings. The van der Waals surface area contributed by atoms with Crippen LogP contribution in [0.15, 0.2) is 48.5 Å². The molecule has 3 rings (SSSR count). The molecule has 1 unspecified atom stereocenters. The summed E-state index contributed by atoms with van der Waals surface area (Å²) >= 11 is 0. The van der Waals surface area contributed by atoms with E-state index in [2.05, 4.69) is 5.32 Å². The number of imide groups is 1. The number of methoxy groups -OCH3 is 1. The van der Waals surface area contributed by atoms with Crippen molar-refractivity contribution >= 4 is 11.8 Å². The summed E-state index contributed by atoms with van der Waals surface area (Å²) in [6.45, 7) is 0. The number of benzene rings is 2. The van der Waals surface area contributed by atoms with E-state index < -0.39 is 0 Å². The van der Waals surface area contributed by atoms with Gasteiger partial charge < -0.3 is 4.74 Å². The Balaban J connectivity index is 1.72. The van der Waals surface area contributed by atoms with Crippen molar-refractivity contribution in [2.24, 2.45) is 5.92 Å². The van der Waals surface area contributed by atoms with E-state index in [9.17, 15) is 9.59 Å². The SMILES string of the molecule is COc1ccc(-c2ccc(CC3CC(=O)NC3=O)cc2)cc1. The van der Waals surface area contributed by atoms with E-state index >= 15 is 0 Å². The van der Waals surface area contributed by atoms with Crippen LogP contribution in [0.25, 0.3) is 11.1 Å². The summed E-state index contributed by atoms with van der Waals surface area (Å²) < 4.78 is 5.15. The number of carbonyl (C=O) groups excluding carboxylic acids is 2. The van der Waals surface area contributed by atoms with Gasteiger partial charge in [-0.2, -0.15) is 0 Å². The monoisotopic (exact) mass is 295 g/mol. The first-order valence-corrected chi connectivity index (χ1v) is 7.23. The van der Waals surface area contributed by atoms with Gasteiger partial charge in [-0.05, 0) is 35.2 Å². The summed E-state index contributed by atoms with van der Waals surface area (Å²) in [7, 11) is 1.65. The molecule has 1 heterocycles. The molecule has 2 amide bonds. The molecule has 1 aliphatic rings. The maximum absolute atomic E-state index is 11.6.